The number of carbonyl (C=O) groups excluding carboxylic acids is 1. The SMILES string of the molecule is CCCC1OC(=O)[C@H](C)[C@@H](OC2C[C@@](C)(OC)C(O)[C@H](C)O2)[C@H](C)[C@@H](OC2O[C@H](C)C[C@H](N(C)CC)[C@H]2O)[C@@]2(C)CC(C)=C(O2)[C@H](C)[C@@H](O)[C@]1(C)O. The van der Waals surface area contributed by atoms with Gasteiger partial charge >= 0.3 is 5.97 Å². The van der Waals surface area contributed by atoms with Crippen molar-refractivity contribution in [3.8, 4) is 0 Å². The molecule has 52 heavy (non-hydrogen) atoms. The van der Waals surface area contributed by atoms with E-state index >= 15 is 0 Å². The number of aliphatic hydroxyl groups excluding tert-OH is 3. The van der Waals surface area contributed by atoms with Crippen LogP contribution in [0.15, 0.2) is 11.3 Å². The third kappa shape index (κ3) is 8.54. The van der Waals surface area contributed by atoms with Crippen molar-refractivity contribution in [1.29, 1.82) is 0 Å². The van der Waals surface area contributed by atoms with Gasteiger partial charge in [0.15, 0.2) is 12.6 Å². The number of fused-ring (bicyclic) bond motifs is 2. The number of aliphatic hydroxyl groups is 4. The Kier molecular flexibility index (Phi) is 14.0. The van der Waals surface area contributed by atoms with Crippen LogP contribution < -0.4 is 0 Å². The molecule has 3 fully saturated rings. The molecular formula is C39H69NO12. The molecule has 17 atom stereocenters. The van der Waals surface area contributed by atoms with Gasteiger partial charge in [-0.3, -0.25) is 4.79 Å². The zero-order chi connectivity index (χ0) is 39.1. The smallest absolute Gasteiger partial charge is 0.311 e. The molecule has 4 aliphatic heterocycles. The predicted molar refractivity (Wildman–Crippen MR) is 193 cm³/mol. The van der Waals surface area contributed by atoms with Gasteiger partial charge < -0.3 is 58.5 Å². The molecule has 3 saturated heterocycles. The Morgan fingerprint density at radius 1 is 0.962 bits per heavy atom. The Labute approximate surface area is 311 Å². The van der Waals surface area contributed by atoms with E-state index in [1.807, 2.05) is 48.6 Å². The van der Waals surface area contributed by atoms with Gasteiger partial charge in [-0.05, 0) is 80.5 Å². The molecule has 13 heteroatoms. The minimum atomic E-state index is -1.82. The molecular weight excluding hydrogens is 674 g/mol. The van der Waals surface area contributed by atoms with Crippen molar-refractivity contribution in [2.45, 2.75) is 193 Å². The monoisotopic (exact) mass is 743 g/mol. The van der Waals surface area contributed by atoms with E-state index in [2.05, 4.69) is 4.90 Å². The molecule has 0 aromatic rings. The zero-order valence-electron chi connectivity index (χ0n) is 33.8. The van der Waals surface area contributed by atoms with Crippen LogP contribution in [0.25, 0.3) is 0 Å². The van der Waals surface area contributed by atoms with Gasteiger partial charge in [0.25, 0.3) is 0 Å². The molecule has 4 aliphatic rings. The normalized spacial score (nSPS) is 48.1. The number of rotatable bonds is 9. The summed E-state index contributed by atoms with van der Waals surface area (Å²) in [6.45, 7) is 21.0. The number of ether oxygens (including phenoxy) is 7. The van der Waals surface area contributed by atoms with Crippen molar-refractivity contribution in [2.75, 3.05) is 20.7 Å². The largest absolute Gasteiger partial charge is 0.489 e. The molecule has 4 N–H and O–H groups in total. The lowest BCUT2D eigenvalue weighted by Gasteiger charge is -2.48. The first-order valence-corrected chi connectivity index (χ1v) is 19.4. The predicted octanol–water partition coefficient (Wildman–Crippen LogP) is 3.67. The number of nitrogens with zero attached hydrogens (tertiary/aromatic N) is 1. The van der Waals surface area contributed by atoms with E-state index in [9.17, 15) is 25.2 Å². The molecule has 4 unspecified atom stereocenters. The first-order chi connectivity index (χ1) is 24.1. The molecule has 0 spiro atoms. The van der Waals surface area contributed by atoms with E-state index in [1.165, 1.54) is 14.0 Å². The summed E-state index contributed by atoms with van der Waals surface area (Å²) in [6, 6.07) is -0.222. The Hall–Kier alpha value is -1.39. The van der Waals surface area contributed by atoms with Crippen LogP contribution in [0.2, 0.25) is 0 Å². The molecule has 0 saturated carbocycles. The Morgan fingerprint density at radius 3 is 2.21 bits per heavy atom. The fraction of sp³-hybridized carbons (Fsp3) is 0.923. The number of likely N-dealkylation sites (N-methyl/N-ethyl adjacent to an activating group) is 1. The number of hydrogen-bond acceptors (Lipinski definition) is 13. The van der Waals surface area contributed by atoms with Gasteiger partial charge in [0, 0.05) is 37.8 Å². The van der Waals surface area contributed by atoms with Crippen LogP contribution in [0, 0.1) is 17.8 Å². The van der Waals surface area contributed by atoms with Gasteiger partial charge in [-0.1, -0.05) is 34.1 Å². The highest BCUT2D eigenvalue weighted by Gasteiger charge is 2.56. The van der Waals surface area contributed by atoms with Gasteiger partial charge in [0.05, 0.1) is 35.9 Å². The molecule has 0 radical (unpaired) electrons. The van der Waals surface area contributed by atoms with Crippen LogP contribution in [0.4, 0.5) is 0 Å². The first-order valence-electron chi connectivity index (χ1n) is 19.4. The second-order valence-corrected chi connectivity index (χ2v) is 16.8. The van der Waals surface area contributed by atoms with E-state index in [0.717, 1.165) is 12.1 Å². The summed E-state index contributed by atoms with van der Waals surface area (Å²) in [5.74, 6) is -2.30. The summed E-state index contributed by atoms with van der Waals surface area (Å²) < 4.78 is 45.0. The fourth-order valence-electron chi connectivity index (χ4n) is 9.00. The number of carbonyl (C=O) groups is 1. The van der Waals surface area contributed by atoms with Gasteiger partial charge in [-0.15, -0.1) is 0 Å². The van der Waals surface area contributed by atoms with Gasteiger partial charge in [-0.2, -0.15) is 0 Å². The quantitative estimate of drug-likeness (QED) is 0.253. The maximum atomic E-state index is 14.3. The number of methoxy groups -OCH3 is 1. The number of hydrogen-bond donors (Lipinski definition) is 4. The molecule has 0 amide bonds. The minimum absolute atomic E-state index is 0.175. The van der Waals surface area contributed by atoms with Gasteiger partial charge in [-0.25, -0.2) is 0 Å². The summed E-state index contributed by atoms with van der Waals surface area (Å²) in [5, 5.41) is 46.3. The van der Waals surface area contributed by atoms with Crippen molar-refractivity contribution in [1.82, 2.24) is 4.90 Å². The summed E-state index contributed by atoms with van der Waals surface area (Å²) in [4.78, 5) is 16.3. The molecule has 4 heterocycles. The fourth-order valence-corrected chi connectivity index (χ4v) is 9.00. The zero-order valence-corrected chi connectivity index (χ0v) is 33.8. The lowest BCUT2D eigenvalue weighted by atomic mass is 9.78. The van der Waals surface area contributed by atoms with Crippen LogP contribution in [-0.4, -0.2) is 136 Å². The lowest BCUT2D eigenvalue weighted by molar-refractivity contribution is -0.317. The van der Waals surface area contributed by atoms with Crippen LogP contribution in [0.3, 0.4) is 0 Å². The van der Waals surface area contributed by atoms with Crippen molar-refractivity contribution in [3.63, 3.8) is 0 Å². The second-order valence-electron chi connectivity index (χ2n) is 16.8. The maximum Gasteiger partial charge on any atom is 0.311 e. The third-order valence-electron chi connectivity index (χ3n) is 12.5. The third-order valence-corrected chi connectivity index (χ3v) is 12.5. The summed E-state index contributed by atoms with van der Waals surface area (Å²) in [5.41, 5.74) is -3.00. The highest BCUT2D eigenvalue weighted by Crippen LogP contribution is 2.47. The van der Waals surface area contributed by atoms with E-state index < -0.39 is 95.8 Å². The van der Waals surface area contributed by atoms with Crippen LogP contribution in [-0.2, 0) is 38.0 Å². The van der Waals surface area contributed by atoms with E-state index in [1.54, 1.807) is 27.7 Å². The Balaban J connectivity index is 1.85. The molecule has 0 aromatic carbocycles. The Bertz CT molecular complexity index is 1250. The summed E-state index contributed by atoms with van der Waals surface area (Å²) in [6.07, 6.45) is -6.70. The van der Waals surface area contributed by atoms with Crippen LogP contribution in [0.5, 0.6) is 0 Å². The molecule has 13 nitrogen and oxygen atoms in total. The second kappa shape index (κ2) is 16.8. The first kappa shape index (κ1) is 43.3. The number of esters is 1. The van der Waals surface area contributed by atoms with Crippen molar-refractivity contribution >= 4 is 5.97 Å². The Morgan fingerprint density at radius 2 is 1.62 bits per heavy atom. The summed E-state index contributed by atoms with van der Waals surface area (Å²) in [7, 11) is 3.50. The average Bonchev–Trinajstić information content (AvgIpc) is 3.41. The van der Waals surface area contributed by atoms with Gasteiger partial charge in [0.1, 0.15) is 41.4 Å². The van der Waals surface area contributed by atoms with Crippen LogP contribution >= 0.6 is 0 Å². The van der Waals surface area contributed by atoms with Crippen molar-refractivity contribution in [2.24, 2.45) is 17.8 Å². The molecule has 4 rings (SSSR count). The standard InChI is InChI=1S/C39H69NO12/c1-14-16-27-39(11,45)32(42)22(5)30-20(3)18-38(10,52-30)34(51-36-29(41)26(40(12)15-2)17-21(4)47-36)23(6)31(24(7)35(44)49-27)50-28-19-37(9,46-13)33(43)25(8)48-28/h21-29,31-34,36,41-43,45H,14-19H2,1-13H3/t21-,22+,23+,24-,25+,26+,27?,28?,29-,31+,32-,33?,34-,36?,37-,38-,39-/m1/s1. The van der Waals surface area contributed by atoms with E-state index in [4.69, 9.17) is 33.2 Å². The lowest BCUT2D eigenvalue weighted by Crippen LogP contribution is -2.60. The summed E-state index contributed by atoms with van der Waals surface area (Å²) >= 11 is 0. The molecule has 2 bridgehead atoms. The van der Waals surface area contributed by atoms with Crippen molar-refractivity contribution in [3.05, 3.63) is 11.3 Å². The number of cyclic esters (lactones) is 1. The van der Waals surface area contributed by atoms with Crippen molar-refractivity contribution < 1.29 is 58.4 Å². The average molecular weight is 744 g/mol. The van der Waals surface area contributed by atoms with E-state index in [0.29, 0.717) is 31.4 Å². The highest BCUT2D eigenvalue weighted by molar-refractivity contribution is 5.73. The molecule has 0 aliphatic carbocycles. The van der Waals surface area contributed by atoms with E-state index in [-0.39, 0.29) is 18.6 Å². The van der Waals surface area contributed by atoms with Gasteiger partial charge in [0.2, 0.25) is 0 Å². The maximum absolute atomic E-state index is 14.3. The topological polar surface area (TPSA) is 166 Å². The highest BCUT2D eigenvalue weighted by atomic mass is 16.7. The molecule has 0 aromatic heterocycles. The molecule has 302 valence electrons. The minimum Gasteiger partial charge on any atom is -0.489 e. The van der Waals surface area contributed by atoms with Crippen LogP contribution in [0.1, 0.15) is 108 Å².